The van der Waals surface area contributed by atoms with Crippen molar-refractivity contribution in [3.05, 3.63) is 0 Å². The molecule has 0 fully saturated rings. The van der Waals surface area contributed by atoms with Crippen molar-refractivity contribution in [3.63, 3.8) is 0 Å². The molecule has 0 saturated carbocycles. The zero-order chi connectivity index (χ0) is 8.36. The molecule has 0 saturated heterocycles. The third-order valence-corrected chi connectivity index (χ3v) is 1.49. The van der Waals surface area contributed by atoms with E-state index in [0.717, 1.165) is 0 Å². The minimum absolute atomic E-state index is 0.153. The van der Waals surface area contributed by atoms with Gasteiger partial charge in [0, 0.05) is 0 Å². The Morgan fingerprint density at radius 3 is 1.90 bits per heavy atom. The molecule has 1 unspecified atom stereocenters. The molecule has 3 heteroatoms. The summed E-state index contributed by atoms with van der Waals surface area (Å²) >= 11 is 0. The maximum atomic E-state index is 9.92. The summed E-state index contributed by atoms with van der Waals surface area (Å²) in [7, 11) is 0. The summed E-state index contributed by atoms with van der Waals surface area (Å²) in [6, 6.07) is 0. The largest absolute Gasteiger partial charge is 0.550 e. The average Bonchev–Trinajstić information content (AvgIpc) is 1.60. The van der Waals surface area contributed by atoms with Gasteiger partial charge in [-0.2, -0.15) is 9.90 Å². The van der Waals surface area contributed by atoms with Crippen LogP contribution in [0, 0.1) is 5.41 Å². The van der Waals surface area contributed by atoms with E-state index in [-0.39, 0.29) is 11.5 Å². The van der Waals surface area contributed by atoms with Gasteiger partial charge in [0.1, 0.15) is 6.10 Å². The van der Waals surface area contributed by atoms with Gasteiger partial charge in [-0.05, 0) is 12.3 Å². The summed E-state index contributed by atoms with van der Waals surface area (Å²) in [6.07, 6.45) is -1.78. The highest BCUT2D eigenvalue weighted by Gasteiger charge is 2.23. The number of ether oxygens (including phenoxy) is 1. The van der Waals surface area contributed by atoms with E-state index in [2.05, 4.69) is 4.74 Å². The number of rotatable bonds is 1. The lowest BCUT2D eigenvalue weighted by molar-refractivity contribution is -0.00304. The Kier molecular flexibility index (Phi) is 2.69. The number of hydrogen-bond acceptors (Lipinski definition) is 2. The minimum Gasteiger partial charge on any atom is -0.428 e. The molecule has 0 heterocycles. The summed E-state index contributed by atoms with van der Waals surface area (Å²) in [4.78, 5) is 9.92. The van der Waals surface area contributed by atoms with E-state index < -0.39 is 6.16 Å². The molecule has 0 N–H and O–H groups in total. The smallest absolute Gasteiger partial charge is 0.428 e. The van der Waals surface area contributed by atoms with Crippen LogP contribution in [0.1, 0.15) is 27.7 Å². The Labute approximate surface area is 61.0 Å². The molecular formula is C7H13O3. The van der Waals surface area contributed by atoms with E-state index in [0.29, 0.717) is 0 Å². The Bertz CT molecular complexity index is 123. The first-order valence-electron chi connectivity index (χ1n) is 3.21. The van der Waals surface area contributed by atoms with Crippen molar-refractivity contribution in [2.45, 2.75) is 33.8 Å². The molecule has 1 atom stereocenters. The van der Waals surface area contributed by atoms with Crippen LogP contribution in [-0.4, -0.2) is 12.3 Å². The van der Waals surface area contributed by atoms with Gasteiger partial charge in [0.2, 0.25) is 0 Å². The molecule has 10 heavy (non-hydrogen) atoms. The zero-order valence-electron chi connectivity index (χ0n) is 6.80. The molecule has 0 aromatic heterocycles. The van der Waals surface area contributed by atoms with E-state index in [1.54, 1.807) is 6.92 Å². The fraction of sp³-hybridized carbons (Fsp3) is 0.857. The van der Waals surface area contributed by atoms with Crippen LogP contribution in [0.25, 0.3) is 0 Å². The first kappa shape index (κ1) is 9.27. The topological polar surface area (TPSA) is 46.2 Å². The highest BCUT2D eigenvalue weighted by atomic mass is 16.7. The first-order valence-corrected chi connectivity index (χ1v) is 3.21. The average molecular weight is 145 g/mol. The molecule has 0 spiro atoms. The van der Waals surface area contributed by atoms with Gasteiger partial charge in [-0.25, -0.2) is 0 Å². The zero-order valence-corrected chi connectivity index (χ0v) is 6.80. The van der Waals surface area contributed by atoms with Gasteiger partial charge in [0.15, 0.2) is 0 Å². The fourth-order valence-electron chi connectivity index (χ4n) is 0.321. The highest BCUT2D eigenvalue weighted by molar-refractivity contribution is 5.56. The predicted molar refractivity (Wildman–Crippen MR) is 36.1 cm³/mol. The van der Waals surface area contributed by atoms with E-state index in [1.165, 1.54) is 0 Å². The van der Waals surface area contributed by atoms with E-state index in [9.17, 15) is 9.90 Å². The van der Waals surface area contributed by atoms with Gasteiger partial charge in [0.25, 0.3) is 0 Å². The Hall–Kier alpha value is -0.730. The third-order valence-electron chi connectivity index (χ3n) is 1.49. The SMILES string of the molecule is CC(OC([O])=O)C(C)(C)C. The summed E-state index contributed by atoms with van der Waals surface area (Å²) in [5, 5.41) is 9.92. The predicted octanol–water partition coefficient (Wildman–Crippen LogP) is 1.99. The second-order valence-electron chi connectivity index (χ2n) is 3.38. The molecule has 3 nitrogen and oxygen atoms in total. The molecular weight excluding hydrogens is 132 g/mol. The van der Waals surface area contributed by atoms with Crippen LogP contribution >= 0.6 is 0 Å². The van der Waals surface area contributed by atoms with Crippen molar-refractivity contribution in [2.75, 3.05) is 0 Å². The minimum atomic E-state index is -1.46. The van der Waals surface area contributed by atoms with Crippen LogP contribution in [-0.2, 0) is 9.84 Å². The lowest BCUT2D eigenvalue weighted by atomic mass is 9.90. The van der Waals surface area contributed by atoms with Crippen LogP contribution in [0.15, 0.2) is 0 Å². The van der Waals surface area contributed by atoms with Crippen LogP contribution in [0.4, 0.5) is 4.79 Å². The molecule has 59 valence electrons. The molecule has 0 aromatic carbocycles. The van der Waals surface area contributed by atoms with Gasteiger partial charge in [-0.15, -0.1) is 0 Å². The molecule has 0 aliphatic rings. The summed E-state index contributed by atoms with van der Waals surface area (Å²) in [5.74, 6) is 0. The van der Waals surface area contributed by atoms with E-state index >= 15 is 0 Å². The van der Waals surface area contributed by atoms with Gasteiger partial charge in [-0.1, -0.05) is 20.8 Å². The standard InChI is InChI=1S/C7H13O3/c1-5(7(2,3)4)10-6(8)9/h5H,1-4H3. The molecule has 0 amide bonds. The van der Waals surface area contributed by atoms with E-state index in [4.69, 9.17) is 0 Å². The number of carbonyl (C=O) groups excluding carboxylic acids is 1. The van der Waals surface area contributed by atoms with Crippen LogP contribution < -0.4 is 0 Å². The quantitative estimate of drug-likeness (QED) is 0.529. The third kappa shape index (κ3) is 3.33. The van der Waals surface area contributed by atoms with Crippen molar-refractivity contribution in [3.8, 4) is 0 Å². The molecule has 0 aliphatic heterocycles. The Balaban J connectivity index is 3.85. The maximum Gasteiger partial charge on any atom is 0.550 e. The van der Waals surface area contributed by atoms with Crippen LogP contribution in [0.3, 0.4) is 0 Å². The number of hydrogen-bond donors (Lipinski definition) is 0. The van der Waals surface area contributed by atoms with Crippen molar-refractivity contribution >= 4 is 6.16 Å². The second-order valence-corrected chi connectivity index (χ2v) is 3.38. The van der Waals surface area contributed by atoms with Crippen molar-refractivity contribution < 1.29 is 14.6 Å². The monoisotopic (exact) mass is 145 g/mol. The lowest BCUT2D eigenvalue weighted by Gasteiger charge is -2.24. The Morgan fingerprint density at radius 1 is 1.40 bits per heavy atom. The summed E-state index contributed by atoms with van der Waals surface area (Å²) in [5.41, 5.74) is -0.153. The van der Waals surface area contributed by atoms with Crippen molar-refractivity contribution in [1.29, 1.82) is 0 Å². The molecule has 0 bridgehead atoms. The lowest BCUT2D eigenvalue weighted by Crippen LogP contribution is -2.27. The van der Waals surface area contributed by atoms with Crippen LogP contribution in [0.2, 0.25) is 0 Å². The normalized spacial score (nSPS) is 14.4. The summed E-state index contributed by atoms with van der Waals surface area (Å²) < 4.78 is 4.42. The van der Waals surface area contributed by atoms with Gasteiger partial charge < -0.3 is 4.74 Å². The van der Waals surface area contributed by atoms with Crippen LogP contribution in [0.5, 0.6) is 0 Å². The maximum absolute atomic E-state index is 9.92. The summed E-state index contributed by atoms with van der Waals surface area (Å²) in [6.45, 7) is 7.41. The van der Waals surface area contributed by atoms with Crippen molar-refractivity contribution in [2.24, 2.45) is 5.41 Å². The molecule has 0 rings (SSSR count). The second kappa shape index (κ2) is 2.90. The van der Waals surface area contributed by atoms with Gasteiger partial charge in [-0.3, -0.25) is 0 Å². The molecule has 1 radical (unpaired) electrons. The van der Waals surface area contributed by atoms with Gasteiger partial charge >= 0.3 is 6.16 Å². The van der Waals surface area contributed by atoms with Crippen molar-refractivity contribution in [1.82, 2.24) is 0 Å². The fourth-order valence-corrected chi connectivity index (χ4v) is 0.321. The highest BCUT2D eigenvalue weighted by Crippen LogP contribution is 2.21. The van der Waals surface area contributed by atoms with E-state index in [1.807, 2.05) is 20.8 Å². The Morgan fingerprint density at radius 2 is 1.80 bits per heavy atom. The molecule has 0 aromatic rings. The van der Waals surface area contributed by atoms with Gasteiger partial charge in [0.05, 0.1) is 0 Å². The first-order chi connectivity index (χ1) is 4.34. The number of carbonyl (C=O) groups is 1. The molecule has 0 aliphatic carbocycles.